The number of H-pyrrole nitrogens is 1. The van der Waals surface area contributed by atoms with Gasteiger partial charge in [-0.05, 0) is 36.6 Å². The minimum Gasteiger partial charge on any atom is -0.493 e. The number of aromatic nitrogens is 2. The van der Waals surface area contributed by atoms with E-state index in [4.69, 9.17) is 14.2 Å². The maximum Gasteiger partial charge on any atom is 0.272 e. The lowest BCUT2D eigenvalue weighted by molar-refractivity contribution is 0.0946. The number of amides is 1. The highest BCUT2D eigenvalue weighted by molar-refractivity contribution is 5.92. The van der Waals surface area contributed by atoms with Gasteiger partial charge in [0.1, 0.15) is 5.69 Å². The number of aromatic amines is 1. The number of rotatable bonds is 7. The Morgan fingerprint density at radius 1 is 1.17 bits per heavy atom. The van der Waals surface area contributed by atoms with Gasteiger partial charge in [-0.25, -0.2) is 0 Å². The number of nitrogens with zero attached hydrogens (tertiary/aromatic N) is 1. The van der Waals surface area contributed by atoms with Crippen molar-refractivity contribution >= 4 is 5.91 Å². The molecule has 2 aromatic rings. The van der Waals surface area contributed by atoms with Crippen LogP contribution in [-0.4, -0.2) is 37.4 Å². The van der Waals surface area contributed by atoms with Crippen LogP contribution in [0.2, 0.25) is 0 Å². The van der Waals surface area contributed by atoms with E-state index >= 15 is 0 Å². The maximum absolute atomic E-state index is 12.2. The largest absolute Gasteiger partial charge is 0.493 e. The molecule has 0 unspecified atom stereocenters. The standard InChI is InChI=1S/C17H21N3O4/c1-22-14-6-10(7-15(23-2)16(14)24-3)9-18-17(21)13-8-12(19-20-13)11-4-5-11/h6-8,11H,4-5,9H2,1-3H3,(H,18,21)(H,19,20). The number of hydrogen-bond acceptors (Lipinski definition) is 5. The lowest BCUT2D eigenvalue weighted by atomic mass is 10.1. The molecule has 0 spiro atoms. The Morgan fingerprint density at radius 2 is 1.83 bits per heavy atom. The Bertz CT molecular complexity index is 712. The summed E-state index contributed by atoms with van der Waals surface area (Å²) in [6.07, 6.45) is 2.32. The number of carbonyl (C=O) groups is 1. The second kappa shape index (κ2) is 6.82. The van der Waals surface area contributed by atoms with E-state index in [1.54, 1.807) is 21.3 Å². The van der Waals surface area contributed by atoms with Crippen LogP contribution in [0.4, 0.5) is 0 Å². The topological polar surface area (TPSA) is 85.5 Å². The average molecular weight is 331 g/mol. The Hall–Kier alpha value is -2.70. The van der Waals surface area contributed by atoms with Crippen molar-refractivity contribution < 1.29 is 19.0 Å². The molecule has 24 heavy (non-hydrogen) atoms. The summed E-state index contributed by atoms with van der Waals surface area (Å²) >= 11 is 0. The van der Waals surface area contributed by atoms with Crippen molar-refractivity contribution in [3.8, 4) is 17.2 Å². The lowest BCUT2D eigenvalue weighted by Crippen LogP contribution is -2.23. The van der Waals surface area contributed by atoms with Gasteiger partial charge in [0, 0.05) is 18.2 Å². The molecular formula is C17H21N3O4. The van der Waals surface area contributed by atoms with E-state index in [9.17, 15) is 4.79 Å². The molecule has 0 saturated heterocycles. The predicted molar refractivity (Wildman–Crippen MR) is 87.8 cm³/mol. The SMILES string of the molecule is COc1cc(CNC(=O)c2cc(C3CC3)[nH]n2)cc(OC)c1OC. The first-order valence-electron chi connectivity index (χ1n) is 7.78. The molecule has 1 heterocycles. The van der Waals surface area contributed by atoms with E-state index in [1.807, 2.05) is 18.2 Å². The molecule has 128 valence electrons. The summed E-state index contributed by atoms with van der Waals surface area (Å²) in [5, 5.41) is 9.86. The summed E-state index contributed by atoms with van der Waals surface area (Å²) < 4.78 is 15.9. The third-order valence-corrected chi connectivity index (χ3v) is 4.03. The van der Waals surface area contributed by atoms with Crippen molar-refractivity contribution in [1.29, 1.82) is 0 Å². The zero-order chi connectivity index (χ0) is 17.1. The quantitative estimate of drug-likeness (QED) is 0.813. The maximum atomic E-state index is 12.2. The highest BCUT2D eigenvalue weighted by atomic mass is 16.5. The van der Waals surface area contributed by atoms with Gasteiger partial charge in [-0.3, -0.25) is 9.89 Å². The summed E-state index contributed by atoms with van der Waals surface area (Å²) in [6, 6.07) is 5.44. The number of carbonyl (C=O) groups excluding carboxylic acids is 1. The fraction of sp³-hybridized carbons (Fsp3) is 0.412. The highest BCUT2D eigenvalue weighted by Crippen LogP contribution is 2.39. The first kappa shape index (κ1) is 16.2. The van der Waals surface area contributed by atoms with Crippen molar-refractivity contribution in [3.63, 3.8) is 0 Å². The molecule has 3 rings (SSSR count). The minimum absolute atomic E-state index is 0.216. The summed E-state index contributed by atoms with van der Waals surface area (Å²) in [5.74, 6) is 1.95. The summed E-state index contributed by atoms with van der Waals surface area (Å²) in [4.78, 5) is 12.2. The first-order chi connectivity index (χ1) is 11.7. The zero-order valence-corrected chi connectivity index (χ0v) is 14.0. The zero-order valence-electron chi connectivity index (χ0n) is 14.0. The minimum atomic E-state index is -0.216. The number of hydrogen-bond donors (Lipinski definition) is 2. The Balaban J connectivity index is 1.69. The second-order valence-corrected chi connectivity index (χ2v) is 5.70. The Kier molecular flexibility index (Phi) is 4.59. The van der Waals surface area contributed by atoms with Crippen molar-refractivity contribution in [2.45, 2.75) is 25.3 Å². The highest BCUT2D eigenvalue weighted by Gasteiger charge is 2.26. The van der Waals surface area contributed by atoms with Crippen LogP contribution in [0.1, 0.15) is 40.5 Å². The van der Waals surface area contributed by atoms with Crippen LogP contribution >= 0.6 is 0 Å². The molecule has 1 fully saturated rings. The molecule has 0 radical (unpaired) electrons. The first-order valence-corrected chi connectivity index (χ1v) is 7.78. The molecule has 7 nitrogen and oxygen atoms in total. The van der Waals surface area contributed by atoms with Gasteiger partial charge >= 0.3 is 0 Å². The molecule has 0 bridgehead atoms. The molecule has 0 atom stereocenters. The number of nitrogens with one attached hydrogen (secondary N) is 2. The van der Waals surface area contributed by atoms with Gasteiger partial charge in [-0.1, -0.05) is 0 Å². The molecule has 1 aromatic heterocycles. The molecule has 2 N–H and O–H groups in total. The van der Waals surface area contributed by atoms with Gasteiger partial charge in [0.05, 0.1) is 21.3 Å². The van der Waals surface area contributed by atoms with E-state index in [-0.39, 0.29) is 5.91 Å². The Morgan fingerprint density at radius 3 is 2.38 bits per heavy atom. The average Bonchev–Trinajstić information content (AvgIpc) is 3.35. The van der Waals surface area contributed by atoms with Crippen LogP contribution in [0.5, 0.6) is 17.2 Å². The van der Waals surface area contributed by atoms with E-state index < -0.39 is 0 Å². The third-order valence-electron chi connectivity index (χ3n) is 4.03. The van der Waals surface area contributed by atoms with E-state index in [1.165, 1.54) is 0 Å². The van der Waals surface area contributed by atoms with Crippen LogP contribution in [-0.2, 0) is 6.54 Å². The van der Waals surface area contributed by atoms with Crippen LogP contribution in [0.15, 0.2) is 18.2 Å². The number of benzene rings is 1. The van der Waals surface area contributed by atoms with Gasteiger partial charge in [0.15, 0.2) is 11.5 Å². The molecular weight excluding hydrogens is 310 g/mol. The number of methoxy groups -OCH3 is 3. The second-order valence-electron chi connectivity index (χ2n) is 5.70. The molecule has 1 saturated carbocycles. The van der Waals surface area contributed by atoms with Crippen LogP contribution in [0.25, 0.3) is 0 Å². The van der Waals surface area contributed by atoms with Gasteiger partial charge in [0.2, 0.25) is 5.75 Å². The lowest BCUT2D eigenvalue weighted by Gasteiger charge is -2.14. The van der Waals surface area contributed by atoms with Crippen LogP contribution in [0, 0.1) is 0 Å². The summed E-state index contributed by atoms with van der Waals surface area (Å²) in [7, 11) is 4.67. The predicted octanol–water partition coefficient (Wildman–Crippen LogP) is 2.24. The monoisotopic (exact) mass is 331 g/mol. The third kappa shape index (κ3) is 3.29. The van der Waals surface area contributed by atoms with Crippen molar-refractivity contribution in [1.82, 2.24) is 15.5 Å². The smallest absolute Gasteiger partial charge is 0.272 e. The fourth-order valence-corrected chi connectivity index (χ4v) is 2.57. The molecule has 1 amide bonds. The van der Waals surface area contributed by atoms with Gasteiger partial charge in [-0.2, -0.15) is 5.10 Å². The van der Waals surface area contributed by atoms with E-state index in [0.29, 0.717) is 35.4 Å². The van der Waals surface area contributed by atoms with Crippen molar-refractivity contribution in [3.05, 3.63) is 35.2 Å². The van der Waals surface area contributed by atoms with Gasteiger partial charge < -0.3 is 19.5 Å². The molecule has 0 aliphatic heterocycles. The number of ether oxygens (including phenoxy) is 3. The summed E-state index contributed by atoms with van der Waals surface area (Å²) in [6.45, 7) is 0.334. The van der Waals surface area contributed by atoms with Gasteiger partial charge in [0.25, 0.3) is 5.91 Å². The van der Waals surface area contributed by atoms with E-state index in [2.05, 4.69) is 15.5 Å². The van der Waals surface area contributed by atoms with E-state index in [0.717, 1.165) is 24.1 Å². The molecule has 7 heteroatoms. The normalized spacial score (nSPS) is 13.5. The Labute approximate surface area is 140 Å². The summed E-state index contributed by atoms with van der Waals surface area (Å²) in [5.41, 5.74) is 2.29. The van der Waals surface area contributed by atoms with Gasteiger partial charge in [-0.15, -0.1) is 0 Å². The fourth-order valence-electron chi connectivity index (χ4n) is 2.57. The van der Waals surface area contributed by atoms with Crippen molar-refractivity contribution in [2.75, 3.05) is 21.3 Å². The van der Waals surface area contributed by atoms with Crippen LogP contribution < -0.4 is 19.5 Å². The van der Waals surface area contributed by atoms with Crippen LogP contribution in [0.3, 0.4) is 0 Å². The van der Waals surface area contributed by atoms with Crippen molar-refractivity contribution in [2.24, 2.45) is 0 Å². The molecule has 1 aliphatic rings. The molecule has 1 aromatic carbocycles. The molecule has 1 aliphatic carbocycles.